The molecular formula is C16H14N2O5. The molecule has 3 rings (SSSR count). The summed E-state index contributed by atoms with van der Waals surface area (Å²) in [5.41, 5.74) is 2.09. The van der Waals surface area contributed by atoms with Gasteiger partial charge in [0.05, 0.1) is 27.9 Å². The van der Waals surface area contributed by atoms with Crippen LogP contribution in [0.4, 0.5) is 0 Å². The number of imide groups is 1. The van der Waals surface area contributed by atoms with Crippen molar-refractivity contribution in [2.75, 3.05) is 7.05 Å². The zero-order valence-corrected chi connectivity index (χ0v) is 12.9. The number of hydrogen-bond donors (Lipinski definition) is 0. The van der Waals surface area contributed by atoms with Crippen LogP contribution in [-0.4, -0.2) is 34.9 Å². The number of carbonyl (C=O) groups excluding carboxylic acids is 3. The van der Waals surface area contributed by atoms with Crippen molar-refractivity contribution in [3.05, 3.63) is 51.9 Å². The first kappa shape index (κ1) is 15.0. The van der Waals surface area contributed by atoms with Crippen molar-refractivity contribution in [3.63, 3.8) is 0 Å². The lowest BCUT2D eigenvalue weighted by Crippen LogP contribution is -2.24. The first-order valence-corrected chi connectivity index (χ1v) is 6.95. The maximum atomic E-state index is 12.1. The molecule has 23 heavy (non-hydrogen) atoms. The van der Waals surface area contributed by atoms with E-state index in [1.807, 2.05) is 0 Å². The number of rotatable bonds is 3. The Morgan fingerprint density at radius 1 is 1.22 bits per heavy atom. The van der Waals surface area contributed by atoms with Crippen LogP contribution in [0.2, 0.25) is 0 Å². The van der Waals surface area contributed by atoms with Crippen LogP contribution in [0.25, 0.3) is 0 Å². The lowest BCUT2D eigenvalue weighted by Gasteiger charge is -2.05. The van der Waals surface area contributed by atoms with E-state index in [1.165, 1.54) is 25.2 Å². The second-order valence-electron chi connectivity index (χ2n) is 5.31. The Kier molecular flexibility index (Phi) is 3.48. The minimum atomic E-state index is -0.581. The molecule has 0 atom stereocenters. The summed E-state index contributed by atoms with van der Waals surface area (Å²) in [6.07, 6.45) is 0. The van der Waals surface area contributed by atoms with Crippen molar-refractivity contribution in [1.29, 1.82) is 0 Å². The minimum absolute atomic E-state index is 0.0316. The van der Waals surface area contributed by atoms with Crippen LogP contribution in [0.3, 0.4) is 0 Å². The summed E-state index contributed by atoms with van der Waals surface area (Å²) in [6, 6.07) is 4.32. The van der Waals surface area contributed by atoms with E-state index in [0.29, 0.717) is 22.6 Å². The van der Waals surface area contributed by atoms with Crippen LogP contribution < -0.4 is 0 Å². The van der Waals surface area contributed by atoms with Gasteiger partial charge >= 0.3 is 5.97 Å². The standard InChI is InChI=1S/C16H14N2O5/c1-8-13(9(2)23-17-8)7-22-16(21)10-4-5-11-12(6-10)15(20)18(3)14(11)19/h4-6H,7H2,1-3H3. The number of amides is 2. The summed E-state index contributed by atoms with van der Waals surface area (Å²) >= 11 is 0. The van der Waals surface area contributed by atoms with Gasteiger partial charge in [0.2, 0.25) is 0 Å². The van der Waals surface area contributed by atoms with Crippen molar-refractivity contribution >= 4 is 17.8 Å². The molecule has 0 saturated heterocycles. The van der Waals surface area contributed by atoms with E-state index in [9.17, 15) is 14.4 Å². The normalized spacial score (nSPS) is 13.4. The molecule has 0 aliphatic carbocycles. The monoisotopic (exact) mass is 314 g/mol. The molecule has 1 aromatic carbocycles. The molecule has 1 aromatic heterocycles. The first-order chi connectivity index (χ1) is 10.9. The number of fused-ring (bicyclic) bond motifs is 1. The summed E-state index contributed by atoms with van der Waals surface area (Å²) in [7, 11) is 1.40. The fourth-order valence-corrected chi connectivity index (χ4v) is 2.42. The van der Waals surface area contributed by atoms with Crippen LogP contribution >= 0.6 is 0 Å². The average Bonchev–Trinajstić information content (AvgIpc) is 2.97. The molecule has 2 heterocycles. The minimum Gasteiger partial charge on any atom is -0.457 e. The van der Waals surface area contributed by atoms with E-state index < -0.39 is 11.9 Å². The van der Waals surface area contributed by atoms with E-state index >= 15 is 0 Å². The number of nitrogens with zero attached hydrogens (tertiary/aromatic N) is 2. The zero-order chi connectivity index (χ0) is 16.7. The van der Waals surface area contributed by atoms with Crippen molar-refractivity contribution in [2.24, 2.45) is 0 Å². The van der Waals surface area contributed by atoms with Gasteiger partial charge < -0.3 is 9.26 Å². The molecule has 2 aromatic rings. The predicted octanol–water partition coefficient (Wildman–Crippen LogP) is 1.87. The molecule has 7 nitrogen and oxygen atoms in total. The topological polar surface area (TPSA) is 89.7 Å². The van der Waals surface area contributed by atoms with E-state index in [4.69, 9.17) is 9.26 Å². The lowest BCUT2D eigenvalue weighted by molar-refractivity contribution is 0.0470. The molecule has 1 aliphatic heterocycles. The molecular weight excluding hydrogens is 300 g/mol. The van der Waals surface area contributed by atoms with Crippen molar-refractivity contribution in [3.8, 4) is 0 Å². The van der Waals surface area contributed by atoms with Gasteiger partial charge in [0, 0.05) is 7.05 Å². The highest BCUT2D eigenvalue weighted by atomic mass is 16.5. The van der Waals surface area contributed by atoms with E-state index in [2.05, 4.69) is 5.16 Å². The number of ether oxygens (including phenoxy) is 1. The number of benzene rings is 1. The Morgan fingerprint density at radius 3 is 2.57 bits per heavy atom. The number of hydrogen-bond acceptors (Lipinski definition) is 6. The van der Waals surface area contributed by atoms with Gasteiger partial charge in [-0.2, -0.15) is 0 Å². The third-order valence-corrected chi connectivity index (χ3v) is 3.85. The SMILES string of the molecule is Cc1noc(C)c1COC(=O)c1ccc2c(c1)C(=O)N(C)C2=O. The maximum Gasteiger partial charge on any atom is 0.338 e. The van der Waals surface area contributed by atoms with Crippen LogP contribution in [0, 0.1) is 13.8 Å². The van der Waals surface area contributed by atoms with Gasteiger partial charge in [-0.05, 0) is 32.0 Å². The lowest BCUT2D eigenvalue weighted by atomic mass is 10.1. The van der Waals surface area contributed by atoms with Crippen LogP contribution in [0.1, 0.15) is 48.1 Å². The second-order valence-corrected chi connectivity index (χ2v) is 5.31. The van der Waals surface area contributed by atoms with Gasteiger partial charge in [0.25, 0.3) is 11.8 Å². The Labute approximate surface area is 131 Å². The quantitative estimate of drug-likeness (QED) is 0.634. The molecule has 7 heteroatoms. The van der Waals surface area contributed by atoms with Gasteiger partial charge in [-0.15, -0.1) is 0 Å². The van der Waals surface area contributed by atoms with Gasteiger partial charge in [0.1, 0.15) is 12.4 Å². The molecule has 0 unspecified atom stereocenters. The van der Waals surface area contributed by atoms with Gasteiger partial charge in [-0.25, -0.2) is 4.79 Å². The highest BCUT2D eigenvalue weighted by molar-refractivity contribution is 6.21. The third-order valence-electron chi connectivity index (χ3n) is 3.85. The van der Waals surface area contributed by atoms with Crippen LogP contribution in [-0.2, 0) is 11.3 Å². The van der Waals surface area contributed by atoms with Crippen molar-refractivity contribution in [2.45, 2.75) is 20.5 Å². The Balaban J connectivity index is 1.79. The summed E-state index contributed by atoms with van der Waals surface area (Å²) in [6.45, 7) is 3.53. The molecule has 0 fully saturated rings. The second kappa shape index (κ2) is 5.35. The molecule has 118 valence electrons. The third kappa shape index (κ3) is 2.40. The van der Waals surface area contributed by atoms with Crippen molar-refractivity contribution in [1.82, 2.24) is 10.1 Å². The largest absolute Gasteiger partial charge is 0.457 e. The number of aromatic nitrogens is 1. The van der Waals surface area contributed by atoms with Crippen LogP contribution in [0.5, 0.6) is 0 Å². The summed E-state index contributed by atoms with van der Waals surface area (Å²) in [5, 5.41) is 3.79. The summed E-state index contributed by atoms with van der Waals surface area (Å²) < 4.78 is 10.2. The zero-order valence-electron chi connectivity index (χ0n) is 12.9. The van der Waals surface area contributed by atoms with Crippen LogP contribution in [0.15, 0.2) is 22.7 Å². The smallest absolute Gasteiger partial charge is 0.338 e. The number of aryl methyl sites for hydroxylation is 2. The van der Waals surface area contributed by atoms with E-state index in [-0.39, 0.29) is 23.6 Å². The van der Waals surface area contributed by atoms with Gasteiger partial charge in [-0.3, -0.25) is 14.5 Å². The molecule has 0 spiro atoms. The van der Waals surface area contributed by atoms with Gasteiger partial charge in [0.15, 0.2) is 0 Å². The average molecular weight is 314 g/mol. The maximum absolute atomic E-state index is 12.1. The molecule has 1 aliphatic rings. The fraction of sp³-hybridized carbons (Fsp3) is 0.250. The fourth-order valence-electron chi connectivity index (χ4n) is 2.42. The Bertz CT molecular complexity index is 817. The first-order valence-electron chi connectivity index (χ1n) is 6.95. The predicted molar refractivity (Wildman–Crippen MR) is 78.0 cm³/mol. The van der Waals surface area contributed by atoms with E-state index in [1.54, 1.807) is 13.8 Å². The summed E-state index contributed by atoms with van der Waals surface area (Å²) in [5.74, 6) is -0.791. The van der Waals surface area contributed by atoms with E-state index in [0.717, 1.165) is 4.90 Å². The molecule has 0 radical (unpaired) electrons. The molecule has 2 amide bonds. The van der Waals surface area contributed by atoms with Gasteiger partial charge in [-0.1, -0.05) is 5.16 Å². The van der Waals surface area contributed by atoms with Crippen molar-refractivity contribution < 1.29 is 23.6 Å². The highest BCUT2D eigenvalue weighted by Gasteiger charge is 2.33. The Morgan fingerprint density at radius 2 is 1.91 bits per heavy atom. The Hall–Kier alpha value is -2.96. The highest BCUT2D eigenvalue weighted by Crippen LogP contribution is 2.23. The molecule has 0 saturated carbocycles. The number of esters is 1. The summed E-state index contributed by atoms with van der Waals surface area (Å²) in [4.78, 5) is 36.9. The molecule has 0 N–H and O–H groups in total. The molecule has 0 bridgehead atoms. The number of carbonyl (C=O) groups is 3.